The molecule has 0 saturated carbocycles. The summed E-state index contributed by atoms with van der Waals surface area (Å²) >= 11 is 0. The number of phosphoric ester groups is 1. The van der Waals surface area contributed by atoms with Gasteiger partial charge in [-0.05, 0) is 63.9 Å². The zero-order valence-corrected chi connectivity index (χ0v) is 24.0. The van der Waals surface area contributed by atoms with Crippen LogP contribution in [0.5, 0.6) is 0 Å². The third-order valence-corrected chi connectivity index (χ3v) is 6.76. The molecule has 0 fully saturated rings. The highest BCUT2D eigenvalue weighted by Gasteiger charge is 2.23. The zero-order valence-electron chi connectivity index (χ0n) is 23.1. The molecule has 0 aromatic rings. The third-order valence-electron chi connectivity index (χ3n) is 6.23. The summed E-state index contributed by atoms with van der Waals surface area (Å²) in [6.07, 6.45) is 25.0. The maximum Gasteiger partial charge on any atom is 0.470 e. The van der Waals surface area contributed by atoms with Crippen molar-refractivity contribution < 1.29 is 28.4 Å². The maximum absolute atomic E-state index is 12.7. The monoisotopic (exact) mass is 544 g/mol. The van der Waals surface area contributed by atoms with Crippen LogP contribution in [0.3, 0.4) is 0 Å². The van der Waals surface area contributed by atoms with Crippen LogP contribution in [0.1, 0.15) is 72.1 Å². The summed E-state index contributed by atoms with van der Waals surface area (Å²) in [6, 6.07) is 0. The number of hydrogen-bond acceptors (Lipinski definition) is 4. The van der Waals surface area contributed by atoms with Crippen molar-refractivity contribution in [2.24, 2.45) is 5.92 Å². The van der Waals surface area contributed by atoms with E-state index in [1.54, 1.807) is 19.1 Å². The molecule has 0 amide bonds. The van der Waals surface area contributed by atoms with Gasteiger partial charge in [-0.3, -0.25) is 9.32 Å². The van der Waals surface area contributed by atoms with E-state index >= 15 is 0 Å². The van der Waals surface area contributed by atoms with Crippen molar-refractivity contribution in [2.45, 2.75) is 84.3 Å². The van der Waals surface area contributed by atoms with E-state index in [9.17, 15) is 19.1 Å². The molecule has 0 saturated heterocycles. The molecule has 1 rings (SSSR count). The van der Waals surface area contributed by atoms with Crippen molar-refractivity contribution in [1.29, 1.82) is 0 Å². The highest BCUT2D eigenvalue weighted by atomic mass is 31.2. The third kappa shape index (κ3) is 16.4. The van der Waals surface area contributed by atoms with E-state index in [0.29, 0.717) is 24.8 Å². The van der Waals surface area contributed by atoms with Crippen LogP contribution in [0.15, 0.2) is 96.7 Å². The smallest absolute Gasteiger partial charge is 0.462 e. The van der Waals surface area contributed by atoms with Crippen molar-refractivity contribution in [3.63, 3.8) is 0 Å². The lowest BCUT2D eigenvalue weighted by Crippen LogP contribution is -2.19. The Kier molecular flexibility index (Phi) is 16.5. The fourth-order valence-corrected chi connectivity index (χ4v) is 4.43. The summed E-state index contributed by atoms with van der Waals surface area (Å²) in [5.41, 5.74) is 2.71. The number of carbonyl (C=O) groups excluding carboxylic acids is 1. The summed E-state index contributed by atoms with van der Waals surface area (Å²) in [6.45, 7) is 13.7. The van der Waals surface area contributed by atoms with Gasteiger partial charge in [0.2, 0.25) is 0 Å². The standard InChI is InChI=1S/C31H45O6P/c1-6-17-25(2)22-23-29-20-16-15-19-27(4)30(37-38(33,34)35)21-14-12-10-8-7-9-11-13-18-26(3)28(5)24-31(32)36-29/h6-11,13,15-17,19,26,29-30H,1,5,12,14,18,20-24H2,2-4H3,(H2,33,34,35)/b9-7+,10-8+,13-11+,16-15+,25-17+,27-19+. The summed E-state index contributed by atoms with van der Waals surface area (Å²) in [7, 11) is -4.63. The van der Waals surface area contributed by atoms with Crippen molar-refractivity contribution in [1.82, 2.24) is 0 Å². The molecular formula is C31H45O6P. The first kappa shape index (κ1) is 33.5. The minimum absolute atomic E-state index is 0.160. The Morgan fingerprint density at radius 2 is 1.84 bits per heavy atom. The molecule has 210 valence electrons. The number of esters is 1. The van der Waals surface area contributed by atoms with Gasteiger partial charge in [0.25, 0.3) is 0 Å². The van der Waals surface area contributed by atoms with E-state index in [1.165, 1.54) is 0 Å². The van der Waals surface area contributed by atoms with Crippen LogP contribution in [0.25, 0.3) is 0 Å². The fraction of sp³-hybridized carbons (Fsp3) is 0.452. The fourth-order valence-electron chi connectivity index (χ4n) is 3.82. The number of hydrogen-bond donors (Lipinski definition) is 2. The average molecular weight is 545 g/mol. The second kappa shape index (κ2) is 18.7. The minimum Gasteiger partial charge on any atom is -0.462 e. The van der Waals surface area contributed by atoms with Gasteiger partial charge in [0.1, 0.15) is 6.10 Å². The van der Waals surface area contributed by atoms with E-state index in [-0.39, 0.29) is 24.4 Å². The molecule has 0 spiro atoms. The zero-order chi connectivity index (χ0) is 28.4. The highest BCUT2D eigenvalue weighted by Crippen LogP contribution is 2.40. The van der Waals surface area contributed by atoms with Crippen molar-refractivity contribution in [3.8, 4) is 0 Å². The van der Waals surface area contributed by atoms with Crippen LogP contribution < -0.4 is 0 Å². The van der Waals surface area contributed by atoms with Crippen LogP contribution in [-0.4, -0.2) is 28.0 Å². The van der Waals surface area contributed by atoms with E-state index < -0.39 is 13.9 Å². The van der Waals surface area contributed by atoms with Gasteiger partial charge in [0, 0.05) is 6.42 Å². The number of rotatable bonds is 6. The molecule has 38 heavy (non-hydrogen) atoms. The first-order chi connectivity index (χ1) is 18.0. The molecule has 0 aromatic heterocycles. The summed E-state index contributed by atoms with van der Waals surface area (Å²) in [5.74, 6) is -0.128. The topological polar surface area (TPSA) is 93.1 Å². The maximum atomic E-state index is 12.7. The SMILES string of the molecule is C=C/C=C(\C)CCC1C/C=C/C=C(\C)C(OP(=O)(O)O)CCC/C=C/C=C/C=C/CC(C)C(=C)CC(=O)O1. The van der Waals surface area contributed by atoms with Gasteiger partial charge in [-0.2, -0.15) is 0 Å². The molecule has 0 radical (unpaired) electrons. The van der Waals surface area contributed by atoms with Gasteiger partial charge in [0.05, 0.1) is 12.5 Å². The number of cyclic esters (lactones) is 1. The molecule has 2 N–H and O–H groups in total. The Balaban J connectivity index is 3.11. The van der Waals surface area contributed by atoms with Gasteiger partial charge in [-0.1, -0.05) is 98.1 Å². The van der Waals surface area contributed by atoms with Crippen LogP contribution >= 0.6 is 7.82 Å². The largest absolute Gasteiger partial charge is 0.470 e. The van der Waals surface area contributed by atoms with Gasteiger partial charge < -0.3 is 14.5 Å². The lowest BCUT2D eigenvalue weighted by molar-refractivity contribution is -0.148. The first-order valence-corrected chi connectivity index (χ1v) is 14.8. The summed E-state index contributed by atoms with van der Waals surface area (Å²) in [4.78, 5) is 31.4. The highest BCUT2D eigenvalue weighted by molar-refractivity contribution is 7.46. The second-order valence-corrected chi connectivity index (χ2v) is 10.9. The second-order valence-electron chi connectivity index (χ2n) is 9.70. The van der Waals surface area contributed by atoms with E-state index in [4.69, 9.17) is 9.26 Å². The van der Waals surface area contributed by atoms with E-state index in [0.717, 1.165) is 36.8 Å². The minimum atomic E-state index is -4.63. The van der Waals surface area contributed by atoms with Crippen molar-refractivity contribution >= 4 is 13.8 Å². The molecule has 1 aliphatic rings. The number of phosphoric acid groups is 1. The average Bonchev–Trinajstić information content (AvgIpc) is 2.83. The Hall–Kier alpha value is -2.50. The lowest BCUT2D eigenvalue weighted by atomic mass is 9.96. The van der Waals surface area contributed by atoms with Crippen LogP contribution in [0.4, 0.5) is 0 Å². The van der Waals surface area contributed by atoms with Crippen LogP contribution in [0.2, 0.25) is 0 Å². The quantitative estimate of drug-likeness (QED) is 0.152. The predicted molar refractivity (Wildman–Crippen MR) is 156 cm³/mol. The summed E-state index contributed by atoms with van der Waals surface area (Å²) in [5, 5.41) is 0. The lowest BCUT2D eigenvalue weighted by Gasteiger charge is -2.19. The van der Waals surface area contributed by atoms with Crippen molar-refractivity contribution in [3.05, 3.63) is 96.7 Å². The Bertz CT molecular complexity index is 992. The van der Waals surface area contributed by atoms with Gasteiger partial charge in [-0.25, -0.2) is 4.57 Å². The number of carbonyl (C=O) groups is 1. The van der Waals surface area contributed by atoms with Crippen molar-refractivity contribution in [2.75, 3.05) is 0 Å². The molecule has 0 bridgehead atoms. The summed E-state index contributed by atoms with van der Waals surface area (Å²) < 4.78 is 22.4. The Morgan fingerprint density at radius 3 is 2.53 bits per heavy atom. The van der Waals surface area contributed by atoms with E-state index in [2.05, 4.69) is 26.2 Å². The van der Waals surface area contributed by atoms with Gasteiger partial charge in [0.15, 0.2) is 0 Å². The normalized spacial score (nSPS) is 28.5. The number of ether oxygens (including phenoxy) is 1. The molecule has 6 nitrogen and oxygen atoms in total. The molecular weight excluding hydrogens is 499 g/mol. The molecule has 3 unspecified atom stereocenters. The number of allylic oxidation sites excluding steroid dienone is 11. The molecule has 1 heterocycles. The first-order valence-electron chi connectivity index (χ1n) is 13.2. The Morgan fingerprint density at radius 1 is 1.16 bits per heavy atom. The van der Waals surface area contributed by atoms with Crippen LogP contribution in [0, 0.1) is 5.92 Å². The molecule has 3 atom stereocenters. The predicted octanol–water partition coefficient (Wildman–Crippen LogP) is 8.01. The van der Waals surface area contributed by atoms with Gasteiger partial charge in [-0.15, -0.1) is 0 Å². The molecule has 1 aliphatic heterocycles. The molecule has 7 heteroatoms. The molecule has 0 aliphatic carbocycles. The van der Waals surface area contributed by atoms with Gasteiger partial charge >= 0.3 is 13.8 Å². The van der Waals surface area contributed by atoms with Crippen LogP contribution in [-0.2, 0) is 18.6 Å². The van der Waals surface area contributed by atoms with E-state index in [1.807, 2.05) is 55.5 Å². The Labute approximate surface area is 229 Å². The molecule has 0 aromatic carbocycles.